The molecule has 0 aliphatic rings. The Bertz CT molecular complexity index is 672. The second kappa shape index (κ2) is 5.97. The number of hydrogen-bond acceptors (Lipinski definition) is 2. The molecule has 0 fully saturated rings. The summed E-state index contributed by atoms with van der Waals surface area (Å²) < 4.78 is 41.4. The molecule has 0 saturated carbocycles. The Morgan fingerprint density at radius 1 is 1.05 bits per heavy atom. The monoisotopic (exact) mass is 340 g/mol. The smallest absolute Gasteiger partial charge is 0.147 e. The highest BCUT2D eigenvalue weighted by molar-refractivity contribution is 9.10. The van der Waals surface area contributed by atoms with E-state index < -0.39 is 17.5 Å². The van der Waals surface area contributed by atoms with Crippen LogP contribution in [0.1, 0.15) is 11.1 Å². The highest BCUT2D eigenvalue weighted by Crippen LogP contribution is 2.21. The molecule has 102 valence electrons. The summed E-state index contributed by atoms with van der Waals surface area (Å²) in [5.74, 6) is -2.22. The molecular weight excluding hydrogens is 333 g/mol. The number of nitriles is 1. The standard InChI is InChI=1S/C14H8BrF3N2/c15-9-1-2-14(13(18)5-9)20-7-10-11(16)3-8(6-19)4-12(10)17/h1-5,20H,7H2. The third kappa shape index (κ3) is 3.11. The fraction of sp³-hybridized carbons (Fsp3) is 0.0714. The summed E-state index contributed by atoms with van der Waals surface area (Å²) >= 11 is 3.11. The van der Waals surface area contributed by atoms with Gasteiger partial charge in [-0.15, -0.1) is 0 Å². The van der Waals surface area contributed by atoms with Crippen molar-refractivity contribution in [1.82, 2.24) is 0 Å². The van der Waals surface area contributed by atoms with Gasteiger partial charge in [0.2, 0.25) is 0 Å². The lowest BCUT2D eigenvalue weighted by molar-refractivity contribution is 0.558. The van der Waals surface area contributed by atoms with Crippen molar-refractivity contribution in [2.24, 2.45) is 0 Å². The van der Waals surface area contributed by atoms with Crippen molar-refractivity contribution in [2.45, 2.75) is 6.54 Å². The van der Waals surface area contributed by atoms with Crippen molar-refractivity contribution >= 4 is 21.6 Å². The second-order valence-electron chi connectivity index (χ2n) is 4.01. The lowest BCUT2D eigenvalue weighted by Crippen LogP contribution is -2.06. The molecule has 2 aromatic carbocycles. The van der Waals surface area contributed by atoms with Gasteiger partial charge in [0.15, 0.2) is 0 Å². The van der Waals surface area contributed by atoms with Gasteiger partial charge in [0, 0.05) is 16.6 Å². The summed E-state index contributed by atoms with van der Waals surface area (Å²) in [6.07, 6.45) is 0. The predicted molar refractivity (Wildman–Crippen MR) is 72.5 cm³/mol. The maximum Gasteiger partial charge on any atom is 0.147 e. The minimum Gasteiger partial charge on any atom is -0.378 e. The maximum atomic E-state index is 13.6. The summed E-state index contributed by atoms with van der Waals surface area (Å²) in [4.78, 5) is 0. The van der Waals surface area contributed by atoms with E-state index in [1.54, 1.807) is 12.1 Å². The number of rotatable bonds is 3. The first-order valence-electron chi connectivity index (χ1n) is 5.58. The van der Waals surface area contributed by atoms with Gasteiger partial charge < -0.3 is 5.32 Å². The minimum atomic E-state index is -0.841. The van der Waals surface area contributed by atoms with Gasteiger partial charge in [-0.1, -0.05) is 15.9 Å². The molecule has 1 N–H and O–H groups in total. The molecular formula is C14H8BrF3N2. The predicted octanol–water partition coefficient (Wildman–Crippen LogP) is 4.35. The lowest BCUT2D eigenvalue weighted by Gasteiger charge is -2.10. The third-order valence-corrected chi connectivity index (χ3v) is 3.15. The van der Waals surface area contributed by atoms with E-state index in [1.165, 1.54) is 12.1 Å². The zero-order valence-corrected chi connectivity index (χ0v) is 11.6. The van der Waals surface area contributed by atoms with Crippen LogP contribution in [0.2, 0.25) is 0 Å². The van der Waals surface area contributed by atoms with Crippen LogP contribution < -0.4 is 5.32 Å². The van der Waals surface area contributed by atoms with Gasteiger partial charge in [0.1, 0.15) is 17.5 Å². The Labute approximate surface area is 122 Å². The van der Waals surface area contributed by atoms with Crippen LogP contribution in [0.3, 0.4) is 0 Å². The molecule has 6 heteroatoms. The van der Waals surface area contributed by atoms with Crippen LogP contribution in [-0.2, 0) is 6.54 Å². The van der Waals surface area contributed by atoms with Crippen molar-refractivity contribution in [3.05, 3.63) is 63.4 Å². The Hall–Kier alpha value is -2.00. The van der Waals surface area contributed by atoms with Crippen LogP contribution in [0.4, 0.5) is 18.9 Å². The number of anilines is 1. The molecule has 0 amide bonds. The van der Waals surface area contributed by atoms with Crippen LogP contribution in [0.15, 0.2) is 34.8 Å². The number of nitrogens with one attached hydrogen (secondary N) is 1. The van der Waals surface area contributed by atoms with Gasteiger partial charge in [-0.05, 0) is 30.3 Å². The molecule has 2 aromatic rings. The number of benzene rings is 2. The molecule has 0 aromatic heterocycles. The van der Waals surface area contributed by atoms with Crippen LogP contribution in [0, 0.1) is 28.8 Å². The van der Waals surface area contributed by atoms with Crippen LogP contribution in [0.5, 0.6) is 0 Å². The summed E-state index contributed by atoms with van der Waals surface area (Å²) in [6, 6.07) is 7.85. The van der Waals surface area contributed by atoms with Gasteiger partial charge >= 0.3 is 0 Å². The summed E-state index contributed by atoms with van der Waals surface area (Å²) in [5.41, 5.74) is -0.207. The Balaban J connectivity index is 2.21. The highest BCUT2D eigenvalue weighted by atomic mass is 79.9. The molecule has 0 bridgehead atoms. The molecule has 0 saturated heterocycles. The lowest BCUT2D eigenvalue weighted by atomic mass is 10.1. The minimum absolute atomic E-state index is 0.0985. The summed E-state index contributed by atoms with van der Waals surface area (Å²) in [6.45, 7) is -0.220. The van der Waals surface area contributed by atoms with Gasteiger partial charge in [-0.3, -0.25) is 0 Å². The normalized spacial score (nSPS) is 10.2. The molecule has 0 atom stereocenters. The molecule has 0 spiro atoms. The molecule has 0 aliphatic heterocycles. The topological polar surface area (TPSA) is 35.8 Å². The quantitative estimate of drug-likeness (QED) is 0.901. The van der Waals surface area contributed by atoms with Crippen molar-refractivity contribution in [2.75, 3.05) is 5.32 Å². The second-order valence-corrected chi connectivity index (χ2v) is 4.92. The van der Waals surface area contributed by atoms with E-state index in [-0.39, 0.29) is 23.4 Å². The average Bonchev–Trinajstić information content (AvgIpc) is 2.39. The van der Waals surface area contributed by atoms with E-state index in [2.05, 4.69) is 21.2 Å². The first-order chi connectivity index (χ1) is 9.51. The molecule has 0 radical (unpaired) electrons. The molecule has 0 unspecified atom stereocenters. The summed E-state index contributed by atoms with van der Waals surface area (Å²) in [5, 5.41) is 11.2. The molecule has 0 heterocycles. The van der Waals surface area contributed by atoms with Crippen molar-refractivity contribution < 1.29 is 13.2 Å². The fourth-order valence-corrected chi connectivity index (χ4v) is 1.99. The number of hydrogen-bond donors (Lipinski definition) is 1. The SMILES string of the molecule is N#Cc1cc(F)c(CNc2ccc(Br)cc2F)c(F)c1. The maximum absolute atomic E-state index is 13.6. The average molecular weight is 341 g/mol. The first-order valence-corrected chi connectivity index (χ1v) is 6.37. The van der Waals surface area contributed by atoms with E-state index in [9.17, 15) is 13.2 Å². The summed E-state index contributed by atoms with van der Waals surface area (Å²) in [7, 11) is 0. The van der Waals surface area contributed by atoms with Crippen molar-refractivity contribution in [3.63, 3.8) is 0 Å². The Morgan fingerprint density at radius 3 is 2.25 bits per heavy atom. The molecule has 0 aliphatic carbocycles. The van der Waals surface area contributed by atoms with E-state index in [1.807, 2.05) is 0 Å². The van der Waals surface area contributed by atoms with Gasteiger partial charge in [0.05, 0.1) is 17.3 Å². The third-order valence-electron chi connectivity index (χ3n) is 2.66. The van der Waals surface area contributed by atoms with E-state index >= 15 is 0 Å². The number of nitrogens with zero attached hydrogens (tertiary/aromatic N) is 1. The first kappa shape index (κ1) is 14.4. The van der Waals surface area contributed by atoms with E-state index in [4.69, 9.17) is 5.26 Å². The van der Waals surface area contributed by atoms with E-state index in [0.717, 1.165) is 12.1 Å². The zero-order chi connectivity index (χ0) is 14.7. The Kier molecular flexibility index (Phi) is 4.30. The van der Waals surface area contributed by atoms with Crippen molar-refractivity contribution in [3.8, 4) is 6.07 Å². The molecule has 20 heavy (non-hydrogen) atoms. The molecule has 2 nitrogen and oxygen atoms in total. The Morgan fingerprint density at radius 2 is 1.70 bits per heavy atom. The van der Waals surface area contributed by atoms with Crippen molar-refractivity contribution in [1.29, 1.82) is 5.26 Å². The van der Waals surface area contributed by atoms with Crippen LogP contribution in [0.25, 0.3) is 0 Å². The largest absolute Gasteiger partial charge is 0.378 e. The molecule has 2 rings (SSSR count). The van der Waals surface area contributed by atoms with Gasteiger partial charge in [-0.25, -0.2) is 13.2 Å². The van der Waals surface area contributed by atoms with Gasteiger partial charge in [-0.2, -0.15) is 5.26 Å². The highest BCUT2D eigenvalue weighted by Gasteiger charge is 2.12. The fourth-order valence-electron chi connectivity index (χ4n) is 1.65. The van der Waals surface area contributed by atoms with Crippen LogP contribution in [-0.4, -0.2) is 0 Å². The zero-order valence-electron chi connectivity index (χ0n) is 10.1. The van der Waals surface area contributed by atoms with Crippen LogP contribution >= 0.6 is 15.9 Å². The number of halogens is 4. The van der Waals surface area contributed by atoms with E-state index in [0.29, 0.717) is 4.47 Å². The van der Waals surface area contributed by atoms with Gasteiger partial charge in [0.25, 0.3) is 0 Å².